The van der Waals surface area contributed by atoms with Crippen molar-refractivity contribution in [3.05, 3.63) is 47.0 Å². The van der Waals surface area contributed by atoms with Crippen molar-refractivity contribution >= 4 is 27.5 Å². The van der Waals surface area contributed by atoms with Crippen molar-refractivity contribution in [3.63, 3.8) is 0 Å². The zero-order valence-electron chi connectivity index (χ0n) is 18.7. The van der Waals surface area contributed by atoms with Gasteiger partial charge in [-0.15, -0.1) is 0 Å². The Morgan fingerprint density at radius 2 is 1.76 bits per heavy atom. The minimum atomic E-state index is -3.68. The molecule has 0 spiro atoms. The Hall–Kier alpha value is -2.53. The van der Waals surface area contributed by atoms with Crippen LogP contribution in [0.25, 0.3) is 0 Å². The number of amides is 1. The lowest BCUT2D eigenvalue weighted by Gasteiger charge is -2.26. The molecule has 9 nitrogen and oxygen atoms in total. The quantitative estimate of drug-likeness (QED) is 0.566. The first-order valence-electron chi connectivity index (χ1n) is 10.3. The molecule has 3 rings (SSSR count). The van der Waals surface area contributed by atoms with E-state index in [2.05, 4.69) is 5.32 Å². The number of rotatable bonds is 9. The number of carbonyl (C=O) groups is 1. The third-order valence-corrected chi connectivity index (χ3v) is 7.35. The van der Waals surface area contributed by atoms with Crippen LogP contribution in [-0.2, 0) is 19.6 Å². The fraction of sp³-hybridized carbons (Fsp3) is 0.409. The van der Waals surface area contributed by atoms with Crippen molar-refractivity contribution in [2.24, 2.45) is 0 Å². The summed E-state index contributed by atoms with van der Waals surface area (Å²) in [6.07, 6.45) is 0. The minimum Gasteiger partial charge on any atom is -0.493 e. The van der Waals surface area contributed by atoms with Gasteiger partial charge in [0.25, 0.3) is 5.91 Å². The molecule has 2 aromatic carbocycles. The highest BCUT2D eigenvalue weighted by Gasteiger charge is 2.27. The van der Waals surface area contributed by atoms with Crippen LogP contribution in [0.4, 0.5) is 0 Å². The van der Waals surface area contributed by atoms with Crippen LogP contribution in [0.3, 0.4) is 0 Å². The normalized spacial score (nSPS) is 15.5. The highest BCUT2D eigenvalue weighted by Crippen LogP contribution is 2.31. The van der Waals surface area contributed by atoms with E-state index in [9.17, 15) is 13.2 Å². The van der Waals surface area contributed by atoms with E-state index < -0.39 is 10.0 Å². The van der Waals surface area contributed by atoms with Gasteiger partial charge in [-0.3, -0.25) is 4.79 Å². The molecule has 0 radical (unpaired) electrons. The molecule has 1 N–H and O–H groups in total. The number of methoxy groups -OCH3 is 2. The lowest BCUT2D eigenvalue weighted by atomic mass is 10.1. The number of carbonyl (C=O) groups excluding carboxylic acids is 1. The van der Waals surface area contributed by atoms with E-state index in [0.29, 0.717) is 24.7 Å². The number of ether oxygens (including phenoxy) is 4. The number of hydrogen-bond acceptors (Lipinski definition) is 7. The zero-order chi connectivity index (χ0) is 24.0. The van der Waals surface area contributed by atoms with Gasteiger partial charge < -0.3 is 24.3 Å². The molecule has 2 aromatic rings. The molecule has 1 atom stereocenters. The highest BCUT2D eigenvalue weighted by atomic mass is 35.5. The van der Waals surface area contributed by atoms with Crippen LogP contribution in [0.5, 0.6) is 17.2 Å². The molecule has 1 fully saturated rings. The number of hydrogen-bond donors (Lipinski definition) is 1. The van der Waals surface area contributed by atoms with Gasteiger partial charge in [0.15, 0.2) is 18.1 Å². The predicted molar refractivity (Wildman–Crippen MR) is 123 cm³/mol. The molecule has 11 heteroatoms. The van der Waals surface area contributed by atoms with Crippen LogP contribution >= 0.6 is 11.6 Å². The van der Waals surface area contributed by atoms with Crippen LogP contribution in [0.1, 0.15) is 18.5 Å². The lowest BCUT2D eigenvalue weighted by molar-refractivity contribution is -0.123. The average Bonchev–Trinajstić information content (AvgIpc) is 2.83. The highest BCUT2D eigenvalue weighted by molar-refractivity contribution is 7.89. The van der Waals surface area contributed by atoms with E-state index in [-0.39, 0.29) is 47.3 Å². The summed E-state index contributed by atoms with van der Waals surface area (Å²) in [4.78, 5) is 12.4. The number of sulfonamides is 1. The van der Waals surface area contributed by atoms with Crippen molar-refractivity contribution in [2.75, 3.05) is 47.1 Å². The van der Waals surface area contributed by atoms with Gasteiger partial charge in [-0.2, -0.15) is 4.31 Å². The molecule has 1 unspecified atom stereocenters. The fourth-order valence-corrected chi connectivity index (χ4v) is 5.06. The molecule has 1 aliphatic rings. The molecule has 0 bridgehead atoms. The van der Waals surface area contributed by atoms with Crippen molar-refractivity contribution in [3.8, 4) is 17.2 Å². The smallest absolute Gasteiger partial charge is 0.258 e. The molecular formula is C22H27ClN2O7S. The van der Waals surface area contributed by atoms with Crippen LogP contribution in [0.15, 0.2) is 41.3 Å². The molecule has 0 aliphatic carbocycles. The first-order chi connectivity index (χ1) is 15.8. The van der Waals surface area contributed by atoms with E-state index in [4.69, 9.17) is 30.5 Å². The van der Waals surface area contributed by atoms with Crippen molar-refractivity contribution in [2.45, 2.75) is 17.9 Å². The molecule has 1 saturated heterocycles. The predicted octanol–water partition coefficient (Wildman–Crippen LogP) is 2.63. The molecular weight excluding hydrogens is 472 g/mol. The first kappa shape index (κ1) is 25.1. The van der Waals surface area contributed by atoms with Gasteiger partial charge in [0.05, 0.1) is 43.4 Å². The Labute approximate surface area is 198 Å². The third-order valence-electron chi connectivity index (χ3n) is 5.16. The van der Waals surface area contributed by atoms with Gasteiger partial charge in [0, 0.05) is 13.1 Å². The van der Waals surface area contributed by atoms with E-state index in [1.807, 2.05) is 13.0 Å². The largest absolute Gasteiger partial charge is 0.493 e. The summed E-state index contributed by atoms with van der Waals surface area (Å²) in [5, 5.41) is 2.94. The second-order valence-electron chi connectivity index (χ2n) is 7.30. The molecule has 0 saturated carbocycles. The Balaban J connectivity index is 1.60. The Bertz CT molecular complexity index is 1090. The summed E-state index contributed by atoms with van der Waals surface area (Å²) in [7, 11) is -0.582. The summed E-state index contributed by atoms with van der Waals surface area (Å²) in [6.45, 7) is 2.83. The monoisotopic (exact) mass is 498 g/mol. The summed E-state index contributed by atoms with van der Waals surface area (Å²) in [5.74, 6) is 1.01. The minimum absolute atomic E-state index is 0.0632. The van der Waals surface area contributed by atoms with E-state index in [1.165, 1.54) is 22.5 Å². The Morgan fingerprint density at radius 1 is 1.09 bits per heavy atom. The van der Waals surface area contributed by atoms with Gasteiger partial charge >= 0.3 is 0 Å². The van der Waals surface area contributed by atoms with Gasteiger partial charge in [-0.25, -0.2) is 8.42 Å². The van der Waals surface area contributed by atoms with Crippen LogP contribution in [0.2, 0.25) is 5.02 Å². The van der Waals surface area contributed by atoms with E-state index in [1.54, 1.807) is 26.4 Å². The lowest BCUT2D eigenvalue weighted by Crippen LogP contribution is -2.40. The maximum Gasteiger partial charge on any atom is 0.258 e. The molecule has 33 heavy (non-hydrogen) atoms. The molecule has 0 aromatic heterocycles. The molecule has 1 heterocycles. The summed E-state index contributed by atoms with van der Waals surface area (Å²) >= 11 is 6.23. The van der Waals surface area contributed by atoms with Gasteiger partial charge in [0.2, 0.25) is 10.0 Å². The standard InChI is InChI=1S/C22H27ClN2O7S/c1-15(16-4-6-20(29-2)21(12-16)30-3)24-22(26)14-32-19-7-5-17(13-18(19)23)33(27,28)25-8-10-31-11-9-25/h4-7,12-13,15H,8-11,14H2,1-3H3,(H,24,26). The SMILES string of the molecule is COc1ccc(C(C)NC(=O)COc2ccc(S(=O)(=O)N3CCOCC3)cc2Cl)cc1OC. The van der Waals surface area contributed by atoms with Crippen molar-refractivity contribution in [1.29, 1.82) is 0 Å². The zero-order valence-corrected chi connectivity index (χ0v) is 20.2. The van der Waals surface area contributed by atoms with Crippen LogP contribution in [-0.4, -0.2) is 65.8 Å². The number of benzene rings is 2. The first-order valence-corrected chi connectivity index (χ1v) is 12.1. The van der Waals surface area contributed by atoms with Gasteiger partial charge in [0.1, 0.15) is 5.75 Å². The second kappa shape index (κ2) is 11.1. The third kappa shape index (κ3) is 6.08. The Kier molecular flexibility index (Phi) is 8.41. The average molecular weight is 499 g/mol. The van der Waals surface area contributed by atoms with Crippen molar-refractivity contribution in [1.82, 2.24) is 9.62 Å². The molecule has 1 amide bonds. The van der Waals surface area contributed by atoms with E-state index >= 15 is 0 Å². The summed E-state index contributed by atoms with van der Waals surface area (Å²) in [6, 6.07) is 9.26. The molecule has 1 aliphatic heterocycles. The summed E-state index contributed by atoms with van der Waals surface area (Å²) in [5.41, 5.74) is 0.830. The topological polar surface area (TPSA) is 103 Å². The Morgan fingerprint density at radius 3 is 2.39 bits per heavy atom. The second-order valence-corrected chi connectivity index (χ2v) is 9.65. The van der Waals surface area contributed by atoms with E-state index in [0.717, 1.165) is 5.56 Å². The van der Waals surface area contributed by atoms with Crippen LogP contribution in [0, 0.1) is 0 Å². The maximum atomic E-state index is 12.7. The van der Waals surface area contributed by atoms with Crippen LogP contribution < -0.4 is 19.5 Å². The van der Waals surface area contributed by atoms with Gasteiger partial charge in [-0.05, 0) is 42.8 Å². The number of nitrogens with zero attached hydrogens (tertiary/aromatic N) is 1. The maximum absolute atomic E-state index is 12.7. The number of halogens is 1. The van der Waals surface area contributed by atoms with Gasteiger partial charge in [-0.1, -0.05) is 17.7 Å². The number of morpholine rings is 1. The summed E-state index contributed by atoms with van der Waals surface area (Å²) < 4.78 is 48.1. The molecule has 180 valence electrons. The van der Waals surface area contributed by atoms with Crippen molar-refractivity contribution < 1.29 is 32.2 Å². The number of nitrogens with one attached hydrogen (secondary N) is 1. The fourth-order valence-electron chi connectivity index (χ4n) is 3.33.